The van der Waals surface area contributed by atoms with Gasteiger partial charge in [0.2, 0.25) is 6.79 Å². The van der Waals surface area contributed by atoms with Crippen LogP contribution in [-0.4, -0.2) is 12.8 Å². The van der Waals surface area contributed by atoms with E-state index in [1.807, 2.05) is 24.3 Å². The van der Waals surface area contributed by atoms with E-state index in [0.717, 1.165) is 23.6 Å². The van der Waals surface area contributed by atoms with Crippen LogP contribution in [0, 0.1) is 0 Å². The fourth-order valence-corrected chi connectivity index (χ4v) is 2.85. The van der Waals surface area contributed by atoms with Crippen LogP contribution in [0.4, 0.5) is 5.69 Å². The van der Waals surface area contributed by atoms with E-state index in [4.69, 9.17) is 9.47 Å². The van der Waals surface area contributed by atoms with Crippen LogP contribution >= 0.6 is 0 Å². The average molecular weight is 294 g/mol. The molecule has 112 valence electrons. The van der Waals surface area contributed by atoms with Crippen molar-refractivity contribution in [3.63, 3.8) is 0 Å². The second kappa shape index (κ2) is 5.39. The van der Waals surface area contributed by atoms with Crippen molar-refractivity contribution in [1.82, 2.24) is 5.43 Å². The van der Waals surface area contributed by atoms with Crippen LogP contribution in [0.5, 0.6) is 11.5 Å². The van der Waals surface area contributed by atoms with Crippen LogP contribution in [0.3, 0.4) is 0 Å². The quantitative estimate of drug-likeness (QED) is 0.942. The first-order valence-corrected chi connectivity index (χ1v) is 7.47. The number of anilines is 1. The summed E-state index contributed by atoms with van der Waals surface area (Å²) >= 11 is 0. The van der Waals surface area contributed by atoms with Crippen molar-refractivity contribution < 1.29 is 9.47 Å². The summed E-state index contributed by atoms with van der Waals surface area (Å²) in [6.45, 7) is 2.48. The molecule has 0 saturated carbocycles. The molecule has 1 unspecified atom stereocenters. The SMILES string of the molecule is CC1=CN(c2ccccc2)NC1Cc1ccc2c(c1)OCO2. The molecule has 1 N–H and O–H groups in total. The lowest BCUT2D eigenvalue weighted by Gasteiger charge is -2.20. The summed E-state index contributed by atoms with van der Waals surface area (Å²) < 4.78 is 10.8. The highest BCUT2D eigenvalue weighted by Gasteiger charge is 2.23. The fourth-order valence-electron chi connectivity index (χ4n) is 2.85. The first kappa shape index (κ1) is 13.2. The van der Waals surface area contributed by atoms with Crippen molar-refractivity contribution in [2.45, 2.75) is 19.4 Å². The summed E-state index contributed by atoms with van der Waals surface area (Å²) in [5, 5.41) is 2.09. The Balaban J connectivity index is 1.49. The Bertz CT molecular complexity index is 712. The van der Waals surface area contributed by atoms with Gasteiger partial charge in [0, 0.05) is 6.20 Å². The van der Waals surface area contributed by atoms with Crippen LogP contribution in [0.25, 0.3) is 0 Å². The van der Waals surface area contributed by atoms with E-state index >= 15 is 0 Å². The fraction of sp³-hybridized carbons (Fsp3) is 0.222. The second-order valence-electron chi connectivity index (χ2n) is 5.65. The first-order chi connectivity index (χ1) is 10.8. The molecule has 0 fully saturated rings. The molecule has 2 heterocycles. The Morgan fingerprint density at radius 2 is 1.91 bits per heavy atom. The standard InChI is InChI=1S/C18H18N2O2/c1-13-11-20(15-5-3-2-4-6-15)19-16(13)9-14-7-8-17-18(10-14)22-12-21-17/h2-8,10-11,16,19H,9,12H2,1H3. The van der Waals surface area contributed by atoms with Crippen molar-refractivity contribution in [3.8, 4) is 11.5 Å². The third-order valence-electron chi connectivity index (χ3n) is 4.09. The number of nitrogens with one attached hydrogen (secondary N) is 1. The van der Waals surface area contributed by atoms with Gasteiger partial charge < -0.3 is 9.47 Å². The van der Waals surface area contributed by atoms with Gasteiger partial charge in [-0.25, -0.2) is 5.43 Å². The predicted molar refractivity (Wildman–Crippen MR) is 85.9 cm³/mol. The molecule has 0 bridgehead atoms. The monoisotopic (exact) mass is 294 g/mol. The summed E-state index contributed by atoms with van der Waals surface area (Å²) in [5.41, 5.74) is 7.25. The molecule has 4 heteroatoms. The maximum Gasteiger partial charge on any atom is 0.231 e. The van der Waals surface area contributed by atoms with Gasteiger partial charge in [-0.3, -0.25) is 5.01 Å². The van der Waals surface area contributed by atoms with Crippen molar-refractivity contribution in [2.24, 2.45) is 0 Å². The zero-order valence-corrected chi connectivity index (χ0v) is 12.5. The Kier molecular flexibility index (Phi) is 3.24. The van der Waals surface area contributed by atoms with E-state index in [0.29, 0.717) is 12.8 Å². The number of nitrogens with zero attached hydrogens (tertiary/aromatic N) is 1. The molecule has 0 radical (unpaired) electrons. The highest BCUT2D eigenvalue weighted by Crippen LogP contribution is 2.33. The molecule has 0 spiro atoms. The largest absolute Gasteiger partial charge is 0.454 e. The molecule has 0 saturated heterocycles. The van der Waals surface area contributed by atoms with Gasteiger partial charge in [0.15, 0.2) is 11.5 Å². The maximum absolute atomic E-state index is 5.45. The van der Waals surface area contributed by atoms with Gasteiger partial charge in [0.25, 0.3) is 0 Å². The van der Waals surface area contributed by atoms with Crippen molar-refractivity contribution in [3.05, 3.63) is 65.9 Å². The van der Waals surface area contributed by atoms with Crippen LogP contribution in [0.15, 0.2) is 60.3 Å². The van der Waals surface area contributed by atoms with Crippen molar-refractivity contribution >= 4 is 5.69 Å². The number of hydrogen-bond donors (Lipinski definition) is 1. The van der Waals surface area contributed by atoms with Crippen molar-refractivity contribution in [2.75, 3.05) is 11.8 Å². The van der Waals surface area contributed by atoms with E-state index in [2.05, 4.69) is 47.8 Å². The average Bonchev–Trinajstić information content (AvgIpc) is 3.15. The number of fused-ring (bicyclic) bond motifs is 1. The first-order valence-electron chi connectivity index (χ1n) is 7.47. The zero-order valence-electron chi connectivity index (χ0n) is 12.5. The van der Waals surface area contributed by atoms with E-state index in [1.165, 1.54) is 11.1 Å². The van der Waals surface area contributed by atoms with Crippen LogP contribution in [0.1, 0.15) is 12.5 Å². The number of ether oxygens (including phenoxy) is 2. The van der Waals surface area contributed by atoms with Crippen LogP contribution in [-0.2, 0) is 6.42 Å². The topological polar surface area (TPSA) is 33.7 Å². The Labute approximate surface area is 129 Å². The number of hydrogen-bond acceptors (Lipinski definition) is 4. The summed E-state index contributed by atoms with van der Waals surface area (Å²) in [6, 6.07) is 16.8. The summed E-state index contributed by atoms with van der Waals surface area (Å²) in [4.78, 5) is 0. The third kappa shape index (κ3) is 2.42. The summed E-state index contributed by atoms with van der Waals surface area (Å²) in [7, 11) is 0. The number of hydrazine groups is 1. The Morgan fingerprint density at radius 3 is 2.77 bits per heavy atom. The van der Waals surface area contributed by atoms with Gasteiger partial charge in [-0.05, 0) is 48.7 Å². The second-order valence-corrected chi connectivity index (χ2v) is 5.65. The molecule has 4 rings (SSSR count). The lowest BCUT2D eigenvalue weighted by molar-refractivity contribution is 0.174. The summed E-state index contributed by atoms with van der Waals surface area (Å²) in [6.07, 6.45) is 3.08. The molecule has 0 aromatic heterocycles. The molecular formula is C18H18N2O2. The number of para-hydroxylation sites is 1. The Hall–Kier alpha value is -2.46. The predicted octanol–water partition coefficient (Wildman–Crippen LogP) is 3.26. The maximum atomic E-state index is 5.45. The minimum absolute atomic E-state index is 0.292. The molecule has 4 nitrogen and oxygen atoms in total. The zero-order chi connectivity index (χ0) is 14.9. The lowest BCUT2D eigenvalue weighted by atomic mass is 10.0. The molecule has 2 aromatic carbocycles. The molecule has 22 heavy (non-hydrogen) atoms. The normalized spacial score (nSPS) is 19.4. The van der Waals surface area contributed by atoms with Gasteiger partial charge in [0.1, 0.15) is 0 Å². The van der Waals surface area contributed by atoms with E-state index < -0.39 is 0 Å². The third-order valence-corrected chi connectivity index (χ3v) is 4.09. The molecule has 2 aromatic rings. The number of benzene rings is 2. The summed E-state index contributed by atoms with van der Waals surface area (Å²) in [5.74, 6) is 1.68. The highest BCUT2D eigenvalue weighted by molar-refractivity contribution is 5.51. The van der Waals surface area contributed by atoms with Gasteiger partial charge >= 0.3 is 0 Å². The van der Waals surface area contributed by atoms with Gasteiger partial charge in [0.05, 0.1) is 11.7 Å². The van der Waals surface area contributed by atoms with Gasteiger partial charge in [-0.2, -0.15) is 0 Å². The minimum atomic E-state index is 0.292. The minimum Gasteiger partial charge on any atom is -0.454 e. The molecule has 2 aliphatic rings. The van der Waals surface area contributed by atoms with E-state index in [-0.39, 0.29) is 0 Å². The number of rotatable bonds is 3. The molecule has 0 aliphatic carbocycles. The van der Waals surface area contributed by atoms with Gasteiger partial charge in [-0.1, -0.05) is 24.3 Å². The van der Waals surface area contributed by atoms with E-state index in [1.54, 1.807) is 0 Å². The molecular weight excluding hydrogens is 276 g/mol. The highest BCUT2D eigenvalue weighted by atomic mass is 16.7. The van der Waals surface area contributed by atoms with Gasteiger partial charge in [-0.15, -0.1) is 0 Å². The lowest BCUT2D eigenvalue weighted by Crippen LogP contribution is -2.37. The Morgan fingerprint density at radius 1 is 1.09 bits per heavy atom. The molecule has 1 atom stereocenters. The molecule has 2 aliphatic heterocycles. The van der Waals surface area contributed by atoms with Crippen molar-refractivity contribution in [1.29, 1.82) is 0 Å². The smallest absolute Gasteiger partial charge is 0.231 e. The molecule has 0 amide bonds. The van der Waals surface area contributed by atoms with E-state index in [9.17, 15) is 0 Å². The van der Waals surface area contributed by atoms with Crippen LogP contribution in [0.2, 0.25) is 0 Å². The van der Waals surface area contributed by atoms with Crippen LogP contribution < -0.4 is 19.9 Å².